The molecule has 5 rings (SSSR count). The largest absolute Gasteiger partial charge is 0.497 e. The Morgan fingerprint density at radius 2 is 1.79 bits per heavy atom. The lowest BCUT2D eigenvalue weighted by Gasteiger charge is -2.45. The zero-order valence-electron chi connectivity index (χ0n) is 18.8. The minimum absolute atomic E-state index is 0.0453. The lowest BCUT2D eigenvalue weighted by molar-refractivity contribution is -0.133. The summed E-state index contributed by atoms with van der Waals surface area (Å²) in [4.78, 5) is 29.8. The van der Waals surface area contributed by atoms with Gasteiger partial charge in [-0.25, -0.2) is 0 Å². The smallest absolute Gasteiger partial charge is 0.271 e. The van der Waals surface area contributed by atoms with Crippen molar-refractivity contribution < 1.29 is 14.3 Å². The molecular weight excluding hydrogens is 416 g/mol. The number of rotatable bonds is 5. The van der Waals surface area contributed by atoms with E-state index >= 15 is 0 Å². The molecule has 3 heterocycles. The SMILES string of the molecule is COc1ccc(-c2cc(C(=O)N3CCC4(CCC(=O)N4Cc4ccccc4)CC3)[nH]n2)cc1. The van der Waals surface area contributed by atoms with Gasteiger partial charge in [-0.2, -0.15) is 5.10 Å². The highest BCUT2D eigenvalue weighted by Crippen LogP contribution is 2.40. The molecular formula is C26H28N4O3. The van der Waals surface area contributed by atoms with Crippen LogP contribution in [0, 0.1) is 0 Å². The molecule has 0 radical (unpaired) electrons. The first-order valence-electron chi connectivity index (χ1n) is 11.4. The molecule has 2 aliphatic rings. The molecule has 33 heavy (non-hydrogen) atoms. The molecule has 2 aliphatic heterocycles. The number of hydrogen-bond acceptors (Lipinski definition) is 4. The predicted molar refractivity (Wildman–Crippen MR) is 125 cm³/mol. The van der Waals surface area contributed by atoms with Gasteiger partial charge in [0.25, 0.3) is 5.91 Å². The van der Waals surface area contributed by atoms with Crippen LogP contribution in [0.1, 0.15) is 41.7 Å². The highest BCUT2D eigenvalue weighted by molar-refractivity contribution is 5.93. The minimum Gasteiger partial charge on any atom is -0.497 e. The van der Waals surface area contributed by atoms with Crippen LogP contribution in [0.2, 0.25) is 0 Å². The molecule has 2 saturated heterocycles. The van der Waals surface area contributed by atoms with E-state index in [1.54, 1.807) is 13.2 Å². The number of hydrogen-bond donors (Lipinski definition) is 1. The molecule has 170 valence electrons. The molecule has 2 amide bonds. The number of H-pyrrole nitrogens is 1. The highest BCUT2D eigenvalue weighted by Gasteiger charge is 2.47. The van der Waals surface area contributed by atoms with Gasteiger partial charge in [-0.3, -0.25) is 14.7 Å². The van der Waals surface area contributed by atoms with Gasteiger partial charge in [0, 0.05) is 37.2 Å². The van der Waals surface area contributed by atoms with Gasteiger partial charge in [-0.05, 0) is 55.2 Å². The van der Waals surface area contributed by atoms with Gasteiger partial charge in [0.05, 0.1) is 12.8 Å². The van der Waals surface area contributed by atoms with Gasteiger partial charge in [-0.15, -0.1) is 0 Å². The molecule has 0 aliphatic carbocycles. The molecule has 2 fully saturated rings. The number of nitrogens with one attached hydrogen (secondary N) is 1. The van der Waals surface area contributed by atoms with Gasteiger partial charge in [0.2, 0.25) is 5.91 Å². The van der Waals surface area contributed by atoms with Gasteiger partial charge in [-0.1, -0.05) is 30.3 Å². The Morgan fingerprint density at radius 1 is 1.06 bits per heavy atom. The number of likely N-dealkylation sites (tertiary alicyclic amines) is 2. The second-order valence-electron chi connectivity index (χ2n) is 8.88. The van der Waals surface area contributed by atoms with Crippen LogP contribution in [0.3, 0.4) is 0 Å². The summed E-state index contributed by atoms with van der Waals surface area (Å²) in [5.74, 6) is 0.951. The third-order valence-corrected chi connectivity index (χ3v) is 7.04. The van der Waals surface area contributed by atoms with Gasteiger partial charge in [0.15, 0.2) is 0 Å². The van der Waals surface area contributed by atoms with Crippen molar-refractivity contribution >= 4 is 11.8 Å². The van der Waals surface area contributed by atoms with E-state index in [1.165, 1.54) is 0 Å². The number of amides is 2. The molecule has 7 heteroatoms. The van der Waals surface area contributed by atoms with E-state index in [4.69, 9.17) is 4.74 Å². The van der Waals surface area contributed by atoms with E-state index in [1.807, 2.05) is 47.4 Å². The van der Waals surface area contributed by atoms with Crippen LogP contribution in [-0.4, -0.2) is 57.5 Å². The Morgan fingerprint density at radius 3 is 2.48 bits per heavy atom. The van der Waals surface area contributed by atoms with Crippen molar-refractivity contribution in [1.82, 2.24) is 20.0 Å². The lowest BCUT2D eigenvalue weighted by Crippen LogP contribution is -2.53. The molecule has 7 nitrogen and oxygen atoms in total. The van der Waals surface area contributed by atoms with Crippen LogP contribution in [0.15, 0.2) is 60.7 Å². The fourth-order valence-corrected chi connectivity index (χ4v) is 5.05. The van der Waals surface area contributed by atoms with Gasteiger partial charge in [0.1, 0.15) is 11.4 Å². The van der Waals surface area contributed by atoms with Gasteiger partial charge < -0.3 is 14.5 Å². The molecule has 0 atom stereocenters. The average molecular weight is 445 g/mol. The van der Waals surface area contributed by atoms with Crippen LogP contribution >= 0.6 is 0 Å². The van der Waals surface area contributed by atoms with E-state index in [2.05, 4.69) is 27.2 Å². The summed E-state index contributed by atoms with van der Waals surface area (Å²) in [6.07, 6.45) is 3.06. The maximum absolute atomic E-state index is 13.1. The molecule has 0 unspecified atom stereocenters. The maximum Gasteiger partial charge on any atom is 0.271 e. The molecule has 0 bridgehead atoms. The molecule has 3 aromatic rings. The lowest BCUT2D eigenvalue weighted by atomic mass is 9.84. The number of aromatic amines is 1. The van der Waals surface area contributed by atoms with Crippen molar-refractivity contribution in [2.45, 2.75) is 37.8 Å². The van der Waals surface area contributed by atoms with Crippen molar-refractivity contribution in [3.05, 3.63) is 71.9 Å². The quantitative estimate of drug-likeness (QED) is 0.648. The Kier molecular flexibility index (Phi) is 5.62. The van der Waals surface area contributed by atoms with Crippen LogP contribution in [0.4, 0.5) is 0 Å². The van der Waals surface area contributed by atoms with E-state index in [9.17, 15) is 9.59 Å². The van der Waals surface area contributed by atoms with E-state index in [0.717, 1.165) is 41.8 Å². The third-order valence-electron chi connectivity index (χ3n) is 7.04. The zero-order chi connectivity index (χ0) is 22.8. The number of aromatic nitrogens is 2. The van der Waals surface area contributed by atoms with Crippen molar-refractivity contribution in [2.24, 2.45) is 0 Å². The summed E-state index contributed by atoms with van der Waals surface area (Å²) in [7, 11) is 1.63. The van der Waals surface area contributed by atoms with E-state index in [0.29, 0.717) is 31.7 Å². The molecule has 1 N–H and O–H groups in total. The number of methoxy groups -OCH3 is 1. The summed E-state index contributed by atoms with van der Waals surface area (Å²) < 4.78 is 5.20. The predicted octanol–water partition coefficient (Wildman–Crippen LogP) is 3.88. The first kappa shape index (κ1) is 21.2. The van der Waals surface area contributed by atoms with E-state index in [-0.39, 0.29) is 17.4 Å². The Labute approximate surface area is 193 Å². The average Bonchev–Trinajstić information content (AvgIpc) is 3.47. The summed E-state index contributed by atoms with van der Waals surface area (Å²) >= 11 is 0. The molecule has 1 aromatic heterocycles. The highest BCUT2D eigenvalue weighted by atomic mass is 16.5. The van der Waals surface area contributed by atoms with Crippen LogP contribution in [0.5, 0.6) is 5.75 Å². The summed E-state index contributed by atoms with van der Waals surface area (Å²) in [6.45, 7) is 1.90. The number of ether oxygens (including phenoxy) is 1. The second-order valence-corrected chi connectivity index (χ2v) is 8.88. The number of benzene rings is 2. The zero-order valence-corrected chi connectivity index (χ0v) is 18.8. The Hall–Kier alpha value is -3.61. The number of nitrogens with zero attached hydrogens (tertiary/aromatic N) is 3. The summed E-state index contributed by atoms with van der Waals surface area (Å²) in [5.41, 5.74) is 3.13. The summed E-state index contributed by atoms with van der Waals surface area (Å²) in [5, 5.41) is 7.23. The van der Waals surface area contributed by atoms with Crippen LogP contribution in [0.25, 0.3) is 11.3 Å². The number of carbonyl (C=O) groups is 2. The normalized spacial score (nSPS) is 17.5. The minimum atomic E-state index is -0.147. The first-order valence-corrected chi connectivity index (χ1v) is 11.4. The second kappa shape index (κ2) is 8.73. The third kappa shape index (κ3) is 4.11. The topological polar surface area (TPSA) is 78.5 Å². The fraction of sp³-hybridized carbons (Fsp3) is 0.346. The molecule has 1 spiro atoms. The molecule has 2 aromatic carbocycles. The van der Waals surface area contributed by atoms with Crippen molar-refractivity contribution in [2.75, 3.05) is 20.2 Å². The van der Waals surface area contributed by atoms with Crippen molar-refractivity contribution in [3.63, 3.8) is 0 Å². The standard InChI is InChI=1S/C26H28N4O3/c1-33-21-9-7-20(8-10-21)22-17-23(28-27-22)25(32)29-15-13-26(14-16-29)12-11-24(31)30(26)18-19-5-3-2-4-6-19/h2-10,17H,11-16,18H2,1H3,(H,27,28). The Balaban J connectivity index is 1.25. The monoisotopic (exact) mass is 444 g/mol. The van der Waals surface area contributed by atoms with Crippen molar-refractivity contribution in [3.8, 4) is 17.0 Å². The van der Waals surface area contributed by atoms with E-state index < -0.39 is 0 Å². The Bertz CT molecular complexity index is 1130. The molecule has 0 saturated carbocycles. The number of piperidine rings is 1. The first-order chi connectivity index (χ1) is 16.1. The van der Waals surface area contributed by atoms with Gasteiger partial charge >= 0.3 is 0 Å². The van der Waals surface area contributed by atoms with Crippen LogP contribution < -0.4 is 4.74 Å². The van der Waals surface area contributed by atoms with Crippen LogP contribution in [-0.2, 0) is 11.3 Å². The maximum atomic E-state index is 13.1. The summed E-state index contributed by atoms with van der Waals surface area (Å²) in [6, 6.07) is 19.5. The number of carbonyl (C=O) groups excluding carboxylic acids is 2. The fourth-order valence-electron chi connectivity index (χ4n) is 5.05. The van der Waals surface area contributed by atoms with Crippen molar-refractivity contribution in [1.29, 1.82) is 0 Å².